The zero-order valence-electron chi connectivity index (χ0n) is 11.1. The van der Waals surface area contributed by atoms with E-state index < -0.39 is 5.97 Å². The third-order valence-corrected chi connectivity index (χ3v) is 3.68. The van der Waals surface area contributed by atoms with Gasteiger partial charge in [-0.3, -0.25) is 4.68 Å². The average molecular weight is 326 g/mol. The molecular weight excluding hydrogens is 310 g/mol. The van der Waals surface area contributed by atoms with Crippen LogP contribution in [0.3, 0.4) is 0 Å². The average Bonchev–Trinajstić information content (AvgIpc) is 2.63. The van der Waals surface area contributed by atoms with Crippen LogP contribution in [0.25, 0.3) is 10.9 Å². The number of nitrogens with zero attached hydrogens (tertiary/aromatic N) is 3. The van der Waals surface area contributed by atoms with E-state index in [2.05, 4.69) is 25.9 Å². The Hall–Kier alpha value is -1.40. The maximum atomic E-state index is 11.0. The van der Waals surface area contributed by atoms with Crippen LogP contribution in [0.1, 0.15) is 16.1 Å². The molecule has 0 radical (unpaired) electrons. The maximum absolute atomic E-state index is 11.0. The number of likely N-dealkylation sites (N-methyl/N-ethyl adjacent to an activating group) is 1. The number of carboxylic acids is 1. The number of fused-ring (bicyclic) bond motifs is 1. The Morgan fingerprint density at radius 2 is 2.16 bits per heavy atom. The zero-order chi connectivity index (χ0) is 14.2. The van der Waals surface area contributed by atoms with Gasteiger partial charge in [0.1, 0.15) is 0 Å². The van der Waals surface area contributed by atoms with Gasteiger partial charge in [0.25, 0.3) is 0 Å². The van der Waals surface area contributed by atoms with E-state index in [1.165, 1.54) is 0 Å². The van der Waals surface area contributed by atoms with Gasteiger partial charge in [-0.05, 0) is 33.2 Å². The van der Waals surface area contributed by atoms with Crippen LogP contribution in [-0.2, 0) is 6.54 Å². The van der Waals surface area contributed by atoms with Gasteiger partial charge in [-0.25, -0.2) is 4.79 Å². The molecule has 5 nitrogen and oxygen atoms in total. The standard InChI is InChI=1S/C13H16BrN3O2/c1-8-12-10(14)6-9(13(18)19)7-11(12)15-17(8)5-4-16(2)3/h6-7H,4-5H2,1-3H3,(H,18,19). The Morgan fingerprint density at radius 3 is 2.74 bits per heavy atom. The van der Waals surface area contributed by atoms with Crippen molar-refractivity contribution in [2.45, 2.75) is 13.5 Å². The predicted molar refractivity (Wildman–Crippen MR) is 77.7 cm³/mol. The molecule has 0 fully saturated rings. The number of benzene rings is 1. The van der Waals surface area contributed by atoms with E-state index in [0.29, 0.717) is 5.52 Å². The van der Waals surface area contributed by atoms with E-state index in [-0.39, 0.29) is 5.56 Å². The van der Waals surface area contributed by atoms with Crippen molar-refractivity contribution in [3.05, 3.63) is 27.9 Å². The van der Waals surface area contributed by atoms with Crippen LogP contribution in [0.5, 0.6) is 0 Å². The minimum absolute atomic E-state index is 0.247. The largest absolute Gasteiger partial charge is 0.478 e. The van der Waals surface area contributed by atoms with Crippen molar-refractivity contribution in [2.75, 3.05) is 20.6 Å². The molecule has 0 aliphatic rings. The van der Waals surface area contributed by atoms with Crippen LogP contribution < -0.4 is 0 Å². The summed E-state index contributed by atoms with van der Waals surface area (Å²) in [5, 5.41) is 14.5. The molecule has 2 rings (SSSR count). The molecule has 2 aromatic rings. The van der Waals surface area contributed by atoms with Crippen molar-refractivity contribution in [1.82, 2.24) is 14.7 Å². The van der Waals surface area contributed by atoms with E-state index in [0.717, 1.165) is 28.6 Å². The Kier molecular flexibility index (Phi) is 3.91. The number of hydrogen-bond acceptors (Lipinski definition) is 3. The predicted octanol–water partition coefficient (Wildman–Crippen LogP) is 2.37. The summed E-state index contributed by atoms with van der Waals surface area (Å²) in [5.74, 6) is -0.942. The van der Waals surface area contributed by atoms with Gasteiger partial charge in [0, 0.05) is 22.1 Å². The molecule has 0 aliphatic carbocycles. The second-order valence-electron chi connectivity index (χ2n) is 4.77. The van der Waals surface area contributed by atoms with E-state index in [1.807, 2.05) is 25.7 Å². The molecule has 1 aromatic heterocycles. The molecule has 6 heteroatoms. The molecule has 0 saturated carbocycles. The fraction of sp³-hybridized carbons (Fsp3) is 0.385. The first-order chi connectivity index (χ1) is 8.90. The molecule has 1 N–H and O–H groups in total. The van der Waals surface area contributed by atoms with Crippen molar-refractivity contribution in [1.29, 1.82) is 0 Å². The number of aromatic carboxylic acids is 1. The minimum Gasteiger partial charge on any atom is -0.478 e. The van der Waals surface area contributed by atoms with Crippen LogP contribution in [0.4, 0.5) is 0 Å². The molecule has 0 unspecified atom stereocenters. The number of carbonyl (C=O) groups is 1. The van der Waals surface area contributed by atoms with Gasteiger partial charge in [0.15, 0.2) is 0 Å². The van der Waals surface area contributed by atoms with Gasteiger partial charge in [-0.2, -0.15) is 5.10 Å². The van der Waals surface area contributed by atoms with Crippen molar-refractivity contribution in [2.24, 2.45) is 0 Å². The summed E-state index contributed by atoms with van der Waals surface area (Å²) in [6, 6.07) is 3.23. The first-order valence-electron chi connectivity index (χ1n) is 5.95. The molecule has 0 spiro atoms. The molecule has 0 aliphatic heterocycles. The van der Waals surface area contributed by atoms with E-state index >= 15 is 0 Å². The summed E-state index contributed by atoms with van der Waals surface area (Å²) < 4.78 is 2.69. The van der Waals surface area contributed by atoms with Crippen molar-refractivity contribution < 1.29 is 9.90 Å². The van der Waals surface area contributed by atoms with Gasteiger partial charge >= 0.3 is 5.97 Å². The fourth-order valence-corrected chi connectivity index (χ4v) is 2.74. The summed E-state index contributed by atoms with van der Waals surface area (Å²) >= 11 is 3.43. The monoisotopic (exact) mass is 325 g/mol. The summed E-state index contributed by atoms with van der Waals surface area (Å²) in [4.78, 5) is 13.1. The van der Waals surface area contributed by atoms with Gasteiger partial charge < -0.3 is 10.0 Å². The Balaban J connectivity index is 2.50. The van der Waals surface area contributed by atoms with Crippen molar-refractivity contribution in [3.63, 3.8) is 0 Å². The van der Waals surface area contributed by atoms with E-state index in [4.69, 9.17) is 5.11 Å². The Bertz CT molecular complexity index is 634. The highest BCUT2D eigenvalue weighted by Gasteiger charge is 2.14. The summed E-state index contributed by atoms with van der Waals surface area (Å²) in [6.07, 6.45) is 0. The van der Waals surface area contributed by atoms with E-state index in [9.17, 15) is 4.79 Å². The summed E-state index contributed by atoms with van der Waals surface area (Å²) in [5.41, 5.74) is 2.00. The van der Waals surface area contributed by atoms with E-state index in [1.54, 1.807) is 12.1 Å². The third kappa shape index (κ3) is 2.79. The first kappa shape index (κ1) is 14.0. The third-order valence-electron chi connectivity index (χ3n) is 3.05. The number of carboxylic acid groups (broad SMARTS) is 1. The molecule has 1 aromatic carbocycles. The molecular formula is C13H16BrN3O2. The molecule has 19 heavy (non-hydrogen) atoms. The lowest BCUT2D eigenvalue weighted by molar-refractivity contribution is 0.0697. The Morgan fingerprint density at radius 1 is 1.47 bits per heavy atom. The molecule has 0 saturated heterocycles. The molecule has 0 bridgehead atoms. The molecule has 0 amide bonds. The van der Waals surface area contributed by atoms with Gasteiger partial charge in [-0.1, -0.05) is 15.9 Å². The highest BCUT2D eigenvalue weighted by molar-refractivity contribution is 9.10. The number of rotatable bonds is 4. The second-order valence-corrected chi connectivity index (χ2v) is 5.62. The molecule has 102 valence electrons. The molecule has 0 atom stereocenters. The number of hydrogen-bond donors (Lipinski definition) is 1. The maximum Gasteiger partial charge on any atom is 0.335 e. The van der Waals surface area contributed by atoms with Crippen LogP contribution in [0.15, 0.2) is 16.6 Å². The quantitative estimate of drug-likeness (QED) is 0.937. The zero-order valence-corrected chi connectivity index (χ0v) is 12.7. The van der Waals surface area contributed by atoms with Crippen LogP contribution in [0.2, 0.25) is 0 Å². The van der Waals surface area contributed by atoms with Crippen molar-refractivity contribution in [3.8, 4) is 0 Å². The van der Waals surface area contributed by atoms with Gasteiger partial charge in [0.05, 0.1) is 17.6 Å². The minimum atomic E-state index is -0.942. The van der Waals surface area contributed by atoms with Crippen LogP contribution >= 0.6 is 15.9 Å². The smallest absolute Gasteiger partial charge is 0.335 e. The SMILES string of the molecule is Cc1c2c(Br)cc(C(=O)O)cc2nn1CCN(C)C. The van der Waals surface area contributed by atoms with Crippen molar-refractivity contribution >= 4 is 32.8 Å². The summed E-state index contributed by atoms with van der Waals surface area (Å²) in [6.45, 7) is 3.66. The lowest BCUT2D eigenvalue weighted by Crippen LogP contribution is -2.19. The highest BCUT2D eigenvalue weighted by atomic mass is 79.9. The lowest BCUT2D eigenvalue weighted by atomic mass is 10.1. The first-order valence-corrected chi connectivity index (χ1v) is 6.74. The lowest BCUT2D eigenvalue weighted by Gasteiger charge is -2.10. The number of aryl methyl sites for hydroxylation is 1. The summed E-state index contributed by atoms with van der Waals surface area (Å²) in [7, 11) is 4.02. The van der Waals surface area contributed by atoms with Gasteiger partial charge in [-0.15, -0.1) is 0 Å². The molecule has 1 heterocycles. The van der Waals surface area contributed by atoms with Crippen LogP contribution in [-0.4, -0.2) is 46.4 Å². The number of aromatic nitrogens is 2. The number of halogens is 1. The Labute approximate surface area is 119 Å². The van der Waals surface area contributed by atoms with Gasteiger partial charge in [0.2, 0.25) is 0 Å². The van der Waals surface area contributed by atoms with Crippen LogP contribution in [0, 0.1) is 6.92 Å². The normalized spacial score (nSPS) is 11.4. The highest BCUT2D eigenvalue weighted by Crippen LogP contribution is 2.28. The fourth-order valence-electron chi connectivity index (χ4n) is 2.00. The topological polar surface area (TPSA) is 58.4 Å². The second kappa shape index (κ2) is 5.30.